The number of phenolic OH excluding ortho intramolecular Hbond substituents is 1. The molecule has 0 saturated heterocycles. The van der Waals surface area contributed by atoms with Gasteiger partial charge in [-0.1, -0.05) is 50.1 Å². The fourth-order valence-corrected chi connectivity index (χ4v) is 2.94. The van der Waals surface area contributed by atoms with Gasteiger partial charge in [-0.05, 0) is 60.8 Å². The molecule has 2 aromatic rings. The summed E-state index contributed by atoms with van der Waals surface area (Å²) in [5.41, 5.74) is 3.63. The summed E-state index contributed by atoms with van der Waals surface area (Å²) >= 11 is 11.3. The lowest BCUT2D eigenvalue weighted by Gasteiger charge is -2.21. The molecule has 2 rings (SSSR count). The van der Waals surface area contributed by atoms with E-state index in [1.165, 1.54) is 0 Å². The van der Waals surface area contributed by atoms with E-state index < -0.39 is 0 Å². The lowest BCUT2D eigenvalue weighted by Crippen LogP contribution is -2.34. The van der Waals surface area contributed by atoms with Gasteiger partial charge in [0.15, 0.2) is 10.9 Å². The van der Waals surface area contributed by atoms with Crippen molar-refractivity contribution in [1.82, 2.24) is 5.32 Å². The van der Waals surface area contributed by atoms with Crippen molar-refractivity contribution < 1.29 is 9.90 Å². The molecule has 6 heteroatoms. The van der Waals surface area contributed by atoms with Gasteiger partial charge in [-0.3, -0.25) is 10.1 Å². The van der Waals surface area contributed by atoms with E-state index >= 15 is 0 Å². The van der Waals surface area contributed by atoms with E-state index in [-0.39, 0.29) is 27.2 Å². The molecule has 0 aliphatic heterocycles. The average molecular weight is 391 g/mol. The fourth-order valence-electron chi connectivity index (χ4n) is 2.52. The Kier molecular flexibility index (Phi) is 5.94. The van der Waals surface area contributed by atoms with Crippen LogP contribution in [0.3, 0.4) is 0 Å². The molecule has 0 radical (unpaired) electrons. The number of anilines is 1. The molecule has 138 valence electrons. The van der Waals surface area contributed by atoms with Crippen LogP contribution < -0.4 is 10.6 Å². The Morgan fingerprint density at radius 2 is 1.81 bits per heavy atom. The van der Waals surface area contributed by atoms with Crippen LogP contribution in [-0.4, -0.2) is 16.1 Å². The molecule has 3 N–H and O–H groups in total. The molecule has 0 unspecified atom stereocenters. The van der Waals surface area contributed by atoms with E-state index in [4.69, 9.17) is 23.8 Å². The SMILES string of the molecule is Cc1ccc(C(=O)NC(=S)Nc2cc(C(C)(C)C)cc(Cl)c2O)c(C)c1. The molecule has 0 heterocycles. The number of rotatable bonds is 2. The van der Waals surface area contributed by atoms with Crippen molar-refractivity contribution >= 4 is 40.5 Å². The lowest BCUT2D eigenvalue weighted by atomic mass is 9.87. The number of carbonyl (C=O) groups is 1. The molecular formula is C20H23ClN2O2S. The highest BCUT2D eigenvalue weighted by atomic mass is 35.5. The van der Waals surface area contributed by atoms with E-state index in [9.17, 15) is 9.90 Å². The van der Waals surface area contributed by atoms with Gasteiger partial charge < -0.3 is 10.4 Å². The van der Waals surface area contributed by atoms with Gasteiger partial charge in [0.25, 0.3) is 5.91 Å². The van der Waals surface area contributed by atoms with Gasteiger partial charge >= 0.3 is 0 Å². The molecule has 0 bridgehead atoms. The summed E-state index contributed by atoms with van der Waals surface area (Å²) in [6.07, 6.45) is 0. The van der Waals surface area contributed by atoms with Crippen LogP contribution in [0.5, 0.6) is 5.75 Å². The third kappa shape index (κ3) is 4.74. The number of nitrogens with one attached hydrogen (secondary N) is 2. The topological polar surface area (TPSA) is 61.4 Å². The van der Waals surface area contributed by atoms with Crippen molar-refractivity contribution in [2.75, 3.05) is 5.32 Å². The Morgan fingerprint density at radius 1 is 1.15 bits per heavy atom. The second-order valence-electron chi connectivity index (χ2n) is 7.33. The minimum Gasteiger partial charge on any atom is -0.504 e. The first kappa shape index (κ1) is 20.2. The smallest absolute Gasteiger partial charge is 0.257 e. The van der Waals surface area contributed by atoms with Crippen LogP contribution in [0.4, 0.5) is 5.69 Å². The summed E-state index contributed by atoms with van der Waals surface area (Å²) in [5, 5.41) is 16.0. The predicted molar refractivity (Wildman–Crippen MR) is 111 cm³/mol. The molecule has 0 aliphatic rings. The zero-order valence-corrected chi connectivity index (χ0v) is 17.1. The maximum absolute atomic E-state index is 12.4. The summed E-state index contributed by atoms with van der Waals surface area (Å²) in [4.78, 5) is 12.4. The van der Waals surface area contributed by atoms with E-state index in [1.54, 1.807) is 18.2 Å². The monoisotopic (exact) mass is 390 g/mol. The third-order valence-electron chi connectivity index (χ3n) is 4.03. The second kappa shape index (κ2) is 7.64. The number of aromatic hydroxyl groups is 1. The molecule has 0 saturated carbocycles. The van der Waals surface area contributed by atoms with Crippen LogP contribution in [0.1, 0.15) is 47.8 Å². The Bertz CT molecular complexity index is 873. The van der Waals surface area contributed by atoms with Gasteiger partial charge in [0.2, 0.25) is 0 Å². The van der Waals surface area contributed by atoms with Gasteiger partial charge in [-0.2, -0.15) is 0 Å². The van der Waals surface area contributed by atoms with Crippen LogP contribution >= 0.6 is 23.8 Å². The average Bonchev–Trinajstić information content (AvgIpc) is 2.50. The number of hydrogen-bond acceptors (Lipinski definition) is 3. The summed E-state index contributed by atoms with van der Waals surface area (Å²) < 4.78 is 0. The fraction of sp³-hybridized carbons (Fsp3) is 0.300. The Morgan fingerprint density at radius 3 is 2.38 bits per heavy atom. The molecule has 4 nitrogen and oxygen atoms in total. The molecule has 0 aromatic heterocycles. The van der Waals surface area contributed by atoms with Gasteiger partial charge in [0.05, 0.1) is 10.7 Å². The molecule has 0 spiro atoms. The van der Waals surface area contributed by atoms with Crippen molar-refractivity contribution in [2.45, 2.75) is 40.0 Å². The number of amides is 1. The Hall–Kier alpha value is -2.11. The number of aryl methyl sites for hydroxylation is 2. The first-order valence-corrected chi connectivity index (χ1v) is 9.00. The van der Waals surface area contributed by atoms with Crippen LogP contribution in [-0.2, 0) is 5.41 Å². The van der Waals surface area contributed by atoms with E-state index in [2.05, 4.69) is 10.6 Å². The molecule has 1 amide bonds. The number of phenols is 1. The van der Waals surface area contributed by atoms with E-state index in [0.29, 0.717) is 11.3 Å². The molecule has 0 aliphatic carbocycles. The van der Waals surface area contributed by atoms with E-state index in [0.717, 1.165) is 16.7 Å². The summed E-state index contributed by atoms with van der Waals surface area (Å²) in [7, 11) is 0. The van der Waals surface area contributed by atoms with Gasteiger partial charge in [0, 0.05) is 5.56 Å². The lowest BCUT2D eigenvalue weighted by molar-refractivity contribution is 0.0977. The maximum atomic E-state index is 12.4. The minimum absolute atomic E-state index is 0.0902. The van der Waals surface area contributed by atoms with Gasteiger partial charge in [-0.15, -0.1) is 0 Å². The number of thiocarbonyl (C=S) groups is 1. The largest absolute Gasteiger partial charge is 0.504 e. The number of hydrogen-bond donors (Lipinski definition) is 3. The quantitative estimate of drug-likeness (QED) is 0.494. The highest BCUT2D eigenvalue weighted by Crippen LogP contribution is 2.37. The number of benzene rings is 2. The van der Waals surface area contributed by atoms with Crippen molar-refractivity contribution in [1.29, 1.82) is 0 Å². The minimum atomic E-state index is -0.308. The second-order valence-corrected chi connectivity index (χ2v) is 8.15. The molecule has 2 aromatic carbocycles. The summed E-state index contributed by atoms with van der Waals surface area (Å²) in [6, 6.07) is 9.06. The Labute approximate surface area is 164 Å². The van der Waals surface area contributed by atoms with E-state index in [1.807, 2.05) is 46.8 Å². The predicted octanol–water partition coefficient (Wildman–Crippen LogP) is 5.09. The summed E-state index contributed by atoms with van der Waals surface area (Å²) in [5.74, 6) is -0.416. The zero-order valence-electron chi connectivity index (χ0n) is 15.5. The molecule has 0 atom stereocenters. The van der Waals surface area contributed by atoms with Crippen LogP contribution in [0, 0.1) is 13.8 Å². The first-order chi connectivity index (χ1) is 12.0. The molecule has 26 heavy (non-hydrogen) atoms. The third-order valence-corrected chi connectivity index (χ3v) is 4.52. The first-order valence-electron chi connectivity index (χ1n) is 8.21. The van der Waals surface area contributed by atoms with Crippen molar-refractivity contribution in [3.8, 4) is 5.75 Å². The van der Waals surface area contributed by atoms with Crippen molar-refractivity contribution in [2.24, 2.45) is 0 Å². The molecule has 0 fully saturated rings. The number of halogens is 1. The maximum Gasteiger partial charge on any atom is 0.257 e. The standard InChI is InChI=1S/C20H23ClN2O2S/c1-11-6-7-14(12(2)8-11)18(25)23-19(26)22-16-10-13(20(3,4)5)9-15(21)17(16)24/h6-10,24H,1-5H3,(H2,22,23,25,26). The Balaban J connectivity index is 2.20. The van der Waals surface area contributed by atoms with Crippen LogP contribution in [0.25, 0.3) is 0 Å². The number of carbonyl (C=O) groups excluding carboxylic acids is 1. The van der Waals surface area contributed by atoms with Crippen LogP contribution in [0.2, 0.25) is 5.02 Å². The van der Waals surface area contributed by atoms with Crippen molar-refractivity contribution in [3.63, 3.8) is 0 Å². The van der Waals surface area contributed by atoms with Gasteiger partial charge in [-0.25, -0.2) is 0 Å². The van der Waals surface area contributed by atoms with Crippen molar-refractivity contribution in [3.05, 3.63) is 57.6 Å². The normalized spacial score (nSPS) is 11.2. The highest BCUT2D eigenvalue weighted by molar-refractivity contribution is 7.80. The highest BCUT2D eigenvalue weighted by Gasteiger charge is 2.19. The summed E-state index contributed by atoms with van der Waals surface area (Å²) in [6.45, 7) is 9.96. The van der Waals surface area contributed by atoms with Crippen LogP contribution in [0.15, 0.2) is 30.3 Å². The molecular weight excluding hydrogens is 368 g/mol. The zero-order chi connectivity index (χ0) is 19.6. The van der Waals surface area contributed by atoms with Gasteiger partial charge in [0.1, 0.15) is 0 Å².